The molecule has 2 heterocycles. The molecule has 0 aliphatic carbocycles. The van der Waals surface area contributed by atoms with Crippen molar-refractivity contribution in [2.75, 3.05) is 13.1 Å². The predicted molar refractivity (Wildman–Crippen MR) is 90.5 cm³/mol. The fourth-order valence-corrected chi connectivity index (χ4v) is 3.59. The van der Waals surface area contributed by atoms with Crippen LogP contribution in [0.15, 0.2) is 23.2 Å². The third-order valence-corrected chi connectivity index (χ3v) is 4.82. The molecule has 1 aromatic rings. The third kappa shape index (κ3) is 3.96. The Morgan fingerprint density at radius 2 is 2.30 bits per heavy atom. The fourth-order valence-electron chi connectivity index (χ4n) is 3.34. The van der Waals surface area contributed by atoms with E-state index in [1.165, 1.54) is 12.5 Å². The van der Waals surface area contributed by atoms with Crippen molar-refractivity contribution in [1.29, 1.82) is 0 Å². The maximum absolute atomic E-state index is 13.8. The summed E-state index contributed by atoms with van der Waals surface area (Å²) in [6, 6.07) is 5.08. The van der Waals surface area contributed by atoms with Gasteiger partial charge in [-0.1, -0.05) is 17.7 Å². The van der Waals surface area contributed by atoms with Gasteiger partial charge in [-0.3, -0.25) is 4.99 Å². The first-order valence-corrected chi connectivity index (χ1v) is 8.68. The maximum Gasteiger partial charge on any atom is 0.191 e. The lowest BCUT2D eigenvalue weighted by molar-refractivity contribution is 0.0992. The standard InChI is InChI=1S/C17H23ClFN3O/c1-2-20-17(22-15-10-11-6-7-16(15)23-11)21-9-8-12-13(18)4-3-5-14(12)19/h3-5,11,15-16H,2,6-10H2,1H3,(H2,20,21,22). The van der Waals surface area contributed by atoms with Crippen LogP contribution < -0.4 is 10.6 Å². The van der Waals surface area contributed by atoms with E-state index in [1.807, 2.05) is 6.92 Å². The van der Waals surface area contributed by atoms with E-state index in [-0.39, 0.29) is 5.82 Å². The van der Waals surface area contributed by atoms with Crippen LogP contribution in [0.25, 0.3) is 0 Å². The Balaban J connectivity index is 1.58. The number of rotatable bonds is 5. The molecule has 2 aliphatic heterocycles. The van der Waals surface area contributed by atoms with Gasteiger partial charge in [-0.05, 0) is 44.7 Å². The second-order valence-corrected chi connectivity index (χ2v) is 6.48. The molecule has 3 unspecified atom stereocenters. The summed E-state index contributed by atoms with van der Waals surface area (Å²) in [6.45, 7) is 3.30. The van der Waals surface area contributed by atoms with Gasteiger partial charge < -0.3 is 15.4 Å². The van der Waals surface area contributed by atoms with Crippen molar-refractivity contribution in [3.63, 3.8) is 0 Å². The highest BCUT2D eigenvalue weighted by molar-refractivity contribution is 6.31. The molecule has 23 heavy (non-hydrogen) atoms. The van der Waals surface area contributed by atoms with Crippen LogP contribution in [0.3, 0.4) is 0 Å². The molecular formula is C17H23ClFN3O. The Bertz CT molecular complexity index is 561. The van der Waals surface area contributed by atoms with Crippen molar-refractivity contribution < 1.29 is 9.13 Å². The quantitative estimate of drug-likeness (QED) is 0.640. The van der Waals surface area contributed by atoms with E-state index < -0.39 is 0 Å². The van der Waals surface area contributed by atoms with Gasteiger partial charge in [0.1, 0.15) is 5.82 Å². The summed E-state index contributed by atoms with van der Waals surface area (Å²) < 4.78 is 19.6. The molecule has 2 aliphatic rings. The zero-order chi connectivity index (χ0) is 16.2. The zero-order valence-corrected chi connectivity index (χ0v) is 14.1. The van der Waals surface area contributed by atoms with E-state index in [0.717, 1.165) is 25.3 Å². The van der Waals surface area contributed by atoms with E-state index in [0.29, 0.717) is 41.8 Å². The average Bonchev–Trinajstić information content (AvgIpc) is 3.13. The topological polar surface area (TPSA) is 45.7 Å². The molecule has 0 spiro atoms. The van der Waals surface area contributed by atoms with E-state index in [2.05, 4.69) is 15.6 Å². The predicted octanol–water partition coefficient (Wildman–Crippen LogP) is 2.90. The summed E-state index contributed by atoms with van der Waals surface area (Å²) >= 11 is 6.05. The molecule has 0 radical (unpaired) electrons. The molecule has 2 saturated heterocycles. The van der Waals surface area contributed by atoms with E-state index in [1.54, 1.807) is 12.1 Å². The highest BCUT2D eigenvalue weighted by Crippen LogP contribution is 2.34. The van der Waals surface area contributed by atoms with E-state index in [4.69, 9.17) is 16.3 Å². The van der Waals surface area contributed by atoms with Gasteiger partial charge in [-0.2, -0.15) is 0 Å². The van der Waals surface area contributed by atoms with Crippen molar-refractivity contribution in [3.05, 3.63) is 34.6 Å². The van der Waals surface area contributed by atoms with Crippen molar-refractivity contribution >= 4 is 17.6 Å². The van der Waals surface area contributed by atoms with Crippen LogP contribution in [0.5, 0.6) is 0 Å². The first-order valence-electron chi connectivity index (χ1n) is 8.30. The van der Waals surface area contributed by atoms with Gasteiger partial charge in [0.05, 0.1) is 18.2 Å². The van der Waals surface area contributed by atoms with Gasteiger partial charge in [0.2, 0.25) is 0 Å². The molecule has 3 rings (SSSR count). The lowest BCUT2D eigenvalue weighted by atomic mass is 9.96. The maximum atomic E-state index is 13.8. The Kier molecular flexibility index (Phi) is 5.38. The van der Waals surface area contributed by atoms with Gasteiger partial charge in [-0.15, -0.1) is 0 Å². The molecule has 6 heteroatoms. The lowest BCUT2D eigenvalue weighted by Gasteiger charge is -2.22. The van der Waals surface area contributed by atoms with Crippen LogP contribution in [0.4, 0.5) is 4.39 Å². The highest BCUT2D eigenvalue weighted by Gasteiger charge is 2.41. The SMILES string of the molecule is CCNC(=NCCc1c(F)cccc1Cl)NC1CC2CCC1O2. The molecule has 126 valence electrons. The monoisotopic (exact) mass is 339 g/mol. The zero-order valence-electron chi connectivity index (χ0n) is 13.3. The summed E-state index contributed by atoms with van der Waals surface area (Å²) in [4.78, 5) is 4.55. The first kappa shape index (κ1) is 16.5. The Morgan fingerprint density at radius 3 is 2.96 bits per heavy atom. The fraction of sp³-hybridized carbons (Fsp3) is 0.588. The number of ether oxygens (including phenoxy) is 1. The van der Waals surface area contributed by atoms with Crippen LogP contribution in [0.2, 0.25) is 5.02 Å². The minimum absolute atomic E-state index is 0.271. The number of fused-ring (bicyclic) bond motifs is 2. The number of benzene rings is 1. The van der Waals surface area contributed by atoms with Crippen LogP contribution in [0, 0.1) is 5.82 Å². The van der Waals surface area contributed by atoms with E-state index in [9.17, 15) is 4.39 Å². The number of hydrogen-bond acceptors (Lipinski definition) is 2. The van der Waals surface area contributed by atoms with Crippen LogP contribution in [-0.2, 0) is 11.2 Å². The van der Waals surface area contributed by atoms with Gasteiger partial charge in [0.25, 0.3) is 0 Å². The molecule has 4 nitrogen and oxygen atoms in total. The number of nitrogens with zero attached hydrogens (tertiary/aromatic N) is 1. The molecule has 2 bridgehead atoms. The van der Waals surface area contributed by atoms with Gasteiger partial charge >= 0.3 is 0 Å². The smallest absolute Gasteiger partial charge is 0.191 e. The van der Waals surface area contributed by atoms with Crippen LogP contribution in [0.1, 0.15) is 31.7 Å². The summed E-state index contributed by atoms with van der Waals surface area (Å²) in [6.07, 6.45) is 4.50. The van der Waals surface area contributed by atoms with Crippen molar-refractivity contribution in [2.24, 2.45) is 4.99 Å². The first-order chi connectivity index (χ1) is 11.2. The second kappa shape index (κ2) is 7.49. The summed E-state index contributed by atoms with van der Waals surface area (Å²) in [5, 5.41) is 7.15. The Labute approximate surface area is 141 Å². The number of halogens is 2. The normalized spacial score (nSPS) is 26.6. The molecule has 0 amide bonds. The molecule has 3 atom stereocenters. The van der Waals surface area contributed by atoms with Crippen molar-refractivity contribution in [3.8, 4) is 0 Å². The lowest BCUT2D eigenvalue weighted by Crippen LogP contribution is -2.47. The van der Waals surface area contributed by atoms with Crippen molar-refractivity contribution in [2.45, 2.75) is 50.9 Å². The number of aliphatic imine (C=N–C) groups is 1. The Hall–Kier alpha value is -1.33. The summed E-state index contributed by atoms with van der Waals surface area (Å²) in [7, 11) is 0. The molecular weight excluding hydrogens is 317 g/mol. The third-order valence-electron chi connectivity index (χ3n) is 4.47. The highest BCUT2D eigenvalue weighted by atomic mass is 35.5. The summed E-state index contributed by atoms with van der Waals surface area (Å²) in [5.41, 5.74) is 0.525. The van der Waals surface area contributed by atoms with Crippen LogP contribution in [-0.4, -0.2) is 37.3 Å². The molecule has 2 N–H and O–H groups in total. The average molecular weight is 340 g/mol. The molecule has 1 aromatic carbocycles. The molecule has 2 fully saturated rings. The molecule has 0 aromatic heterocycles. The second-order valence-electron chi connectivity index (χ2n) is 6.07. The molecule has 0 saturated carbocycles. The minimum atomic E-state index is -0.271. The van der Waals surface area contributed by atoms with E-state index >= 15 is 0 Å². The van der Waals surface area contributed by atoms with Gasteiger partial charge in [-0.25, -0.2) is 4.39 Å². The van der Waals surface area contributed by atoms with Crippen molar-refractivity contribution in [1.82, 2.24) is 10.6 Å². The summed E-state index contributed by atoms with van der Waals surface area (Å²) in [5.74, 6) is 0.494. The Morgan fingerprint density at radius 1 is 1.43 bits per heavy atom. The van der Waals surface area contributed by atoms with Gasteiger partial charge in [0.15, 0.2) is 5.96 Å². The van der Waals surface area contributed by atoms with Crippen LogP contribution >= 0.6 is 11.6 Å². The van der Waals surface area contributed by atoms with Gasteiger partial charge in [0, 0.05) is 23.7 Å². The number of hydrogen-bond donors (Lipinski definition) is 2. The number of guanidine groups is 1. The minimum Gasteiger partial charge on any atom is -0.373 e. The largest absolute Gasteiger partial charge is 0.373 e. The number of nitrogens with one attached hydrogen (secondary N) is 2.